The van der Waals surface area contributed by atoms with Crippen LogP contribution in [-0.2, 0) is 30.8 Å². The Bertz CT molecular complexity index is 5660. The second kappa shape index (κ2) is 46.5. The van der Waals surface area contributed by atoms with Crippen molar-refractivity contribution in [1.29, 1.82) is 0 Å². The van der Waals surface area contributed by atoms with Gasteiger partial charge < -0.3 is 116 Å². The summed E-state index contributed by atoms with van der Waals surface area (Å²) in [7, 11) is -3.82. The highest BCUT2D eigenvalue weighted by molar-refractivity contribution is 7.92. The Balaban J connectivity index is 0.000000164. The summed E-state index contributed by atoms with van der Waals surface area (Å²) in [5.74, 6) is 0.957. The molecular formula is C103H131N5O26S. The van der Waals surface area contributed by atoms with E-state index < -0.39 is 21.7 Å². The van der Waals surface area contributed by atoms with Crippen LogP contribution in [-0.4, -0.2) is 196 Å². The van der Waals surface area contributed by atoms with E-state index in [1.165, 1.54) is 88.9 Å². The highest BCUT2D eigenvalue weighted by atomic mass is 32.2. The van der Waals surface area contributed by atoms with Crippen molar-refractivity contribution in [3.63, 3.8) is 0 Å². The fourth-order valence-corrected chi connectivity index (χ4v) is 20.5. The van der Waals surface area contributed by atoms with E-state index in [1.54, 1.807) is 75.4 Å². The minimum absolute atomic E-state index is 0.00631. The van der Waals surface area contributed by atoms with Crippen molar-refractivity contribution in [2.75, 3.05) is 89.7 Å². The molecule has 0 saturated heterocycles. The van der Waals surface area contributed by atoms with Gasteiger partial charge in [0.05, 0.1) is 39.9 Å². The summed E-state index contributed by atoms with van der Waals surface area (Å²) in [6.45, 7) is 21.7. The predicted octanol–water partition coefficient (Wildman–Crippen LogP) is 17.4. The molecule has 0 fully saturated rings. The Morgan fingerprint density at radius 3 is 1.21 bits per heavy atom. The Hall–Kier alpha value is -12.8. The van der Waals surface area contributed by atoms with E-state index in [4.69, 9.17) is 19.7 Å². The van der Waals surface area contributed by atoms with Crippen LogP contribution in [0.1, 0.15) is 260 Å². The van der Waals surface area contributed by atoms with Crippen LogP contribution < -0.4 is 28.6 Å². The Morgan fingerprint density at radius 2 is 0.770 bits per heavy atom. The number of hydrogen-bond donors (Lipinski definition) is 18. The maximum absolute atomic E-state index is 13.1. The van der Waals surface area contributed by atoms with Crippen LogP contribution in [0.4, 0.5) is 33.2 Å². The molecule has 31 nitrogen and oxygen atoms in total. The highest BCUT2D eigenvalue weighted by Crippen LogP contribution is 2.53. The lowest BCUT2D eigenvalue weighted by Gasteiger charge is -2.35. The minimum Gasteiger partial charge on any atom is -0.508 e. The van der Waals surface area contributed by atoms with Crippen molar-refractivity contribution in [2.24, 2.45) is 5.92 Å². The molecule has 4 amide bonds. The van der Waals surface area contributed by atoms with Gasteiger partial charge in [0.15, 0.2) is 0 Å². The number of aliphatic hydroxyl groups excluding tert-OH is 4. The van der Waals surface area contributed by atoms with Crippen molar-refractivity contribution < 1.29 is 129 Å². The third-order valence-electron chi connectivity index (χ3n) is 25.5. The zero-order valence-corrected chi connectivity index (χ0v) is 79.1. The van der Waals surface area contributed by atoms with Gasteiger partial charge in [0.2, 0.25) is 11.8 Å². The van der Waals surface area contributed by atoms with Crippen LogP contribution in [0.25, 0.3) is 0 Å². The molecule has 135 heavy (non-hydrogen) atoms. The number of hydrogen-bond acceptors (Lipinski definition) is 26. The van der Waals surface area contributed by atoms with Gasteiger partial charge in [-0.05, 0) is 208 Å². The number of nitrogens with zero attached hydrogens (tertiary/aromatic N) is 5. The average Bonchev–Trinajstić information content (AvgIpc) is 0.754. The van der Waals surface area contributed by atoms with Crippen molar-refractivity contribution in [1.82, 2.24) is 0 Å². The van der Waals surface area contributed by atoms with Gasteiger partial charge in [-0.25, -0.2) is 13.2 Å². The Morgan fingerprint density at radius 1 is 0.415 bits per heavy atom. The van der Waals surface area contributed by atoms with Crippen LogP contribution in [0.5, 0.6) is 86.2 Å². The van der Waals surface area contributed by atoms with Gasteiger partial charge >= 0.3 is 6.09 Å². The van der Waals surface area contributed by atoms with E-state index in [9.17, 15) is 109 Å². The first-order chi connectivity index (χ1) is 64.1. The number of carbonyl (C=O) groups excluding carboxylic acids is 4. The van der Waals surface area contributed by atoms with Crippen molar-refractivity contribution in [3.8, 4) is 86.2 Å². The standard InChI is InChI=1S/C18H21NO5S.C18H19NO4.C16H23NO4.C15H21NO4.C13H17NO4.C12H16O2.C11H14O3/c1-12-2-4-15(5-3-12)25(23,24)19-8-6-13(7-9-20)18-16(19)10-14(21)11-17(18)22;20-9-7-12-6-8-19(18(23)13-4-2-1-3-5-13)15-10-14(21)11-16(22)17(12)15;1-5-10-6-7-17(15(20)21-16(2,3)4)12-8-11(18)9-13(19)14(10)12;1-9(2)15(20)16-5-3-10(4-6-17)14-12(16)7-11(18)8-13(14)19;1-8(16)14-4-2-9(3-5-15)13-11(14)6-10(17)7-12(13)18;1-2-8-4-3-5-9-6-10(13)7-11(14)12(8)9;1-2-7-3-4-14-10-6-8(12)5-9(13)11(7)10/h2-5,10-11,13,20-22H,6-9H2,1H3;1-5,10-12,20-22H,6-9H2;8-10,18-19H,5-7H2,1-4H3;7-10,17-19H,3-6H2,1-2H3;6-7,9,15,17-18H,2-5H2,1H3;6-8,13-14H,2-5H2,1H3;5-7,12-13H,2-4H2,1H3/t13-;12-;2*10-;9-;8-;7-/m0010011/s1. The lowest BCUT2D eigenvalue weighted by molar-refractivity contribution is -0.121. The Labute approximate surface area is 787 Å². The van der Waals surface area contributed by atoms with Gasteiger partial charge in [-0.3, -0.25) is 23.6 Å². The third-order valence-corrected chi connectivity index (χ3v) is 27.3. The molecule has 0 spiro atoms. The number of phenols is 14. The molecule has 32 heteroatoms. The van der Waals surface area contributed by atoms with E-state index in [1.807, 2.05) is 54.5 Å². The summed E-state index contributed by atoms with van der Waals surface area (Å²) in [5.41, 5.74) is 9.47. The molecule has 6 aliphatic heterocycles. The number of aliphatic hydroxyl groups is 4. The first kappa shape index (κ1) is 104. The average molecular weight is 1890 g/mol. The largest absolute Gasteiger partial charge is 0.508 e. The lowest BCUT2D eigenvalue weighted by Crippen LogP contribution is -2.40. The topological polar surface area (TPSA) is 501 Å². The number of carbonyl (C=O) groups is 4. The Kier molecular flexibility index (Phi) is 35.9. The number of ether oxygens (including phenoxy) is 2. The van der Waals surface area contributed by atoms with Crippen LogP contribution in [0.3, 0.4) is 0 Å². The normalized spacial score (nSPS) is 18.3. The molecule has 0 saturated carbocycles. The molecule has 7 aliphatic rings. The summed E-state index contributed by atoms with van der Waals surface area (Å²) in [6.07, 6.45) is 12.0. The van der Waals surface area contributed by atoms with Crippen molar-refractivity contribution in [3.05, 3.63) is 195 Å². The molecule has 0 bridgehead atoms. The monoisotopic (exact) mass is 1890 g/mol. The zero-order chi connectivity index (χ0) is 98.8. The van der Waals surface area contributed by atoms with Crippen LogP contribution in [0.15, 0.2) is 144 Å². The number of aryl methyl sites for hydroxylation is 2. The molecule has 1 aliphatic carbocycles. The molecule has 0 unspecified atom stereocenters. The first-order valence-electron chi connectivity index (χ1n) is 46.1. The number of phenolic OH excluding ortho intramolecular Hbond substituents is 14. The smallest absolute Gasteiger partial charge is 0.414 e. The van der Waals surface area contributed by atoms with Crippen molar-refractivity contribution in [2.45, 2.75) is 224 Å². The number of amides is 4. The second-order valence-corrected chi connectivity index (χ2v) is 38.1. The second-order valence-electron chi connectivity index (χ2n) is 36.2. The molecule has 9 aromatic rings. The molecular weight excluding hydrogens is 1760 g/mol. The van der Waals surface area contributed by atoms with Gasteiger partial charge in [-0.15, -0.1) is 0 Å². The van der Waals surface area contributed by atoms with Crippen LogP contribution >= 0.6 is 0 Å². The number of sulfonamides is 1. The predicted molar refractivity (Wildman–Crippen MR) is 514 cm³/mol. The number of anilines is 5. The van der Waals surface area contributed by atoms with Crippen molar-refractivity contribution >= 4 is 62.3 Å². The molecule has 0 aromatic heterocycles. The van der Waals surface area contributed by atoms with Gasteiger partial charge in [-0.1, -0.05) is 70.5 Å². The van der Waals surface area contributed by atoms with E-state index in [2.05, 4.69) is 13.8 Å². The number of fused-ring (bicyclic) bond motifs is 7. The van der Waals surface area contributed by atoms with E-state index in [0.29, 0.717) is 158 Å². The fraction of sp³-hybridized carbons (Fsp3) is 0.437. The third kappa shape index (κ3) is 25.3. The van der Waals surface area contributed by atoms with Gasteiger partial charge in [0, 0.05) is 195 Å². The summed E-state index contributed by atoms with van der Waals surface area (Å²) < 4.78 is 38.1. The minimum atomic E-state index is -3.82. The summed E-state index contributed by atoms with van der Waals surface area (Å²) >= 11 is 0. The molecule has 7 atom stereocenters. The van der Waals surface area contributed by atoms with Gasteiger partial charge in [-0.2, -0.15) is 0 Å². The van der Waals surface area contributed by atoms with Gasteiger partial charge in [0.25, 0.3) is 15.9 Å². The maximum Gasteiger partial charge on any atom is 0.414 e. The van der Waals surface area contributed by atoms with Gasteiger partial charge in [0.1, 0.15) is 91.8 Å². The maximum atomic E-state index is 13.1. The molecule has 9 aromatic carbocycles. The molecule has 730 valence electrons. The fourth-order valence-electron chi connectivity index (χ4n) is 19.0. The summed E-state index contributed by atoms with van der Waals surface area (Å²) in [6, 6.07) is 35.4. The van der Waals surface area contributed by atoms with E-state index in [0.717, 1.165) is 73.6 Å². The highest BCUT2D eigenvalue weighted by Gasteiger charge is 2.40. The van der Waals surface area contributed by atoms with Crippen LogP contribution in [0.2, 0.25) is 0 Å². The van der Waals surface area contributed by atoms with E-state index >= 15 is 0 Å². The molecule has 6 heterocycles. The number of aromatic hydroxyl groups is 14. The summed E-state index contributed by atoms with van der Waals surface area (Å²) in [4.78, 5) is 55.3. The number of benzene rings is 9. The molecule has 18 N–H and O–H groups in total. The molecule has 16 rings (SSSR count). The lowest BCUT2D eigenvalue weighted by atomic mass is 9.81. The first-order valence-corrected chi connectivity index (χ1v) is 47.6. The summed E-state index contributed by atoms with van der Waals surface area (Å²) in [5, 5.41) is 174. The SMILES string of the molecule is CC(=O)N1CC[C@@H](CCO)c2c(O)cc(O)cc21.CC(C)C(=O)N1CC[C@@H](CCO)c2c(O)cc(O)cc21.CC[C@@H]1CCCc2cc(O)cc(O)c21.CC[C@@H]1CCN(C(=O)OC(C)(C)C)c2cc(O)cc(O)c21.CC[C@@H]1CCOc2cc(O)cc(O)c21.Cc1ccc(S(=O)(=O)N2CC[C@@H](CCO)c3c(O)cc(O)cc32)cc1.O=C(c1ccccc1)N1CC[C@@H](CCO)c2c(O)cc(O)cc21. The van der Waals surface area contributed by atoms with E-state index in [-0.39, 0.29) is 177 Å². The zero-order valence-electron chi connectivity index (χ0n) is 78.2. The number of rotatable bonds is 15. The molecule has 0 radical (unpaired) electrons. The van der Waals surface area contributed by atoms with Crippen LogP contribution in [0, 0.1) is 12.8 Å². The quantitative estimate of drug-likeness (QED) is 0.0453.